The first kappa shape index (κ1) is 7.93. The fraction of sp³-hybridized carbons (Fsp3) is 0.250. The molecular weight excluding hydrogens is 124 g/mol. The molecule has 0 spiro atoms. The van der Waals surface area contributed by atoms with E-state index in [-0.39, 0.29) is 6.54 Å². The van der Waals surface area contributed by atoms with Gasteiger partial charge in [-0.25, -0.2) is 4.79 Å². The molecule has 5 heteroatoms. The van der Waals surface area contributed by atoms with Crippen LogP contribution in [0.4, 0.5) is 4.79 Å². The molecular formula is C4H8N2O3. The van der Waals surface area contributed by atoms with Crippen molar-refractivity contribution in [1.29, 1.82) is 0 Å². The summed E-state index contributed by atoms with van der Waals surface area (Å²) in [6.45, 7) is 3.50. The van der Waals surface area contributed by atoms with E-state index in [9.17, 15) is 4.79 Å². The lowest BCUT2D eigenvalue weighted by Crippen LogP contribution is -2.35. The van der Waals surface area contributed by atoms with Crippen LogP contribution in [0.15, 0.2) is 12.7 Å². The molecule has 0 radical (unpaired) electrons. The van der Waals surface area contributed by atoms with Crippen molar-refractivity contribution in [2.45, 2.75) is 0 Å². The summed E-state index contributed by atoms with van der Waals surface area (Å²) in [4.78, 5) is 10.2. The molecule has 0 aromatic carbocycles. The summed E-state index contributed by atoms with van der Waals surface area (Å²) in [7, 11) is 0. The average Bonchev–Trinajstić information content (AvgIpc) is 1.82. The molecule has 0 aromatic heterocycles. The maximum atomic E-state index is 10.2. The predicted octanol–water partition coefficient (Wildman–Crippen LogP) is -0.0376. The van der Waals surface area contributed by atoms with Crippen LogP contribution < -0.4 is 5.32 Å². The molecule has 9 heavy (non-hydrogen) atoms. The highest BCUT2D eigenvalue weighted by atomic mass is 16.8. The molecule has 0 rings (SSSR count). The van der Waals surface area contributed by atoms with Crippen LogP contribution in [0.2, 0.25) is 0 Å². The van der Waals surface area contributed by atoms with E-state index in [1.54, 1.807) is 0 Å². The van der Waals surface area contributed by atoms with E-state index in [2.05, 4.69) is 11.9 Å². The summed E-state index contributed by atoms with van der Waals surface area (Å²) in [6.07, 6.45) is 1.42. The number of carbonyl (C=O) groups is 1. The first-order chi connectivity index (χ1) is 4.18. The van der Waals surface area contributed by atoms with Gasteiger partial charge in [-0.1, -0.05) is 11.3 Å². The van der Waals surface area contributed by atoms with Crippen LogP contribution in [0.5, 0.6) is 0 Å². The summed E-state index contributed by atoms with van der Waals surface area (Å²) in [5, 5.41) is 17.6. The Morgan fingerprint density at radius 3 is 2.67 bits per heavy atom. The molecule has 0 unspecified atom stereocenters. The van der Waals surface area contributed by atoms with Crippen LogP contribution in [0.25, 0.3) is 0 Å². The number of hydroxylamine groups is 2. The number of rotatable bonds is 2. The lowest BCUT2D eigenvalue weighted by molar-refractivity contribution is -0.258. The van der Waals surface area contributed by atoms with Crippen LogP contribution >= 0.6 is 0 Å². The molecule has 0 heterocycles. The summed E-state index contributed by atoms with van der Waals surface area (Å²) in [5.41, 5.74) is 0. The number of amides is 2. The van der Waals surface area contributed by atoms with Gasteiger partial charge in [0.15, 0.2) is 0 Å². The number of nitrogens with one attached hydrogen (secondary N) is 1. The smallest absolute Gasteiger partial charge is 0.331 e. The van der Waals surface area contributed by atoms with E-state index in [1.807, 2.05) is 0 Å². The van der Waals surface area contributed by atoms with Crippen LogP contribution in [-0.2, 0) is 0 Å². The van der Waals surface area contributed by atoms with Gasteiger partial charge in [-0.3, -0.25) is 10.4 Å². The van der Waals surface area contributed by atoms with E-state index in [4.69, 9.17) is 10.4 Å². The topological polar surface area (TPSA) is 72.8 Å². The Labute approximate surface area is 52.1 Å². The molecule has 0 atom stereocenters. The van der Waals surface area contributed by atoms with E-state index < -0.39 is 11.3 Å². The minimum absolute atomic E-state index is 0.205. The number of nitrogens with zero attached hydrogens (tertiary/aromatic N) is 1. The second-order valence-corrected chi connectivity index (χ2v) is 1.26. The van der Waals surface area contributed by atoms with Gasteiger partial charge >= 0.3 is 6.03 Å². The maximum Gasteiger partial charge on any atom is 0.366 e. The van der Waals surface area contributed by atoms with Gasteiger partial charge < -0.3 is 5.32 Å². The van der Waals surface area contributed by atoms with Gasteiger partial charge in [-0.05, 0) is 0 Å². The highest BCUT2D eigenvalue weighted by Crippen LogP contribution is 1.73. The van der Waals surface area contributed by atoms with E-state index in [0.717, 1.165) is 0 Å². The van der Waals surface area contributed by atoms with E-state index in [0.29, 0.717) is 0 Å². The van der Waals surface area contributed by atoms with Gasteiger partial charge in [-0.15, -0.1) is 6.58 Å². The van der Waals surface area contributed by atoms with Crippen molar-refractivity contribution in [3.8, 4) is 0 Å². The number of hydrogen-bond donors (Lipinski definition) is 3. The Bertz CT molecular complexity index is 112. The van der Waals surface area contributed by atoms with Gasteiger partial charge in [0.05, 0.1) is 0 Å². The summed E-state index contributed by atoms with van der Waals surface area (Å²) in [6, 6.07) is -0.977. The van der Waals surface area contributed by atoms with Crippen molar-refractivity contribution in [3.05, 3.63) is 12.7 Å². The van der Waals surface area contributed by atoms with Gasteiger partial charge in [0, 0.05) is 6.54 Å². The Kier molecular flexibility index (Phi) is 3.41. The van der Waals surface area contributed by atoms with Crippen molar-refractivity contribution in [1.82, 2.24) is 10.5 Å². The molecule has 0 aliphatic carbocycles. The lowest BCUT2D eigenvalue weighted by atomic mass is 10.6. The Morgan fingerprint density at radius 2 is 2.33 bits per heavy atom. The quantitative estimate of drug-likeness (QED) is 0.280. The zero-order chi connectivity index (χ0) is 7.28. The van der Waals surface area contributed by atoms with Gasteiger partial charge in [-0.2, -0.15) is 0 Å². The molecule has 3 N–H and O–H groups in total. The molecule has 0 bridgehead atoms. The Balaban J connectivity index is 3.38. The molecule has 0 saturated heterocycles. The van der Waals surface area contributed by atoms with Gasteiger partial charge in [0.1, 0.15) is 0 Å². The monoisotopic (exact) mass is 132 g/mol. The van der Waals surface area contributed by atoms with Crippen molar-refractivity contribution >= 4 is 6.03 Å². The molecule has 52 valence electrons. The standard InChI is InChI=1S/C4H8N2O3/c1-2-3-5-4(7)6(8)9/h2,8-9H,1,3H2,(H,5,7). The highest BCUT2D eigenvalue weighted by molar-refractivity contribution is 5.71. The second-order valence-electron chi connectivity index (χ2n) is 1.26. The lowest BCUT2D eigenvalue weighted by Gasteiger charge is -2.04. The van der Waals surface area contributed by atoms with E-state index >= 15 is 0 Å². The zero-order valence-corrected chi connectivity index (χ0v) is 4.74. The predicted molar refractivity (Wildman–Crippen MR) is 29.0 cm³/mol. The third-order valence-corrected chi connectivity index (χ3v) is 0.579. The van der Waals surface area contributed by atoms with Crippen molar-refractivity contribution < 1.29 is 15.2 Å². The number of carbonyl (C=O) groups excluding carboxylic acids is 1. The molecule has 0 fully saturated rings. The third kappa shape index (κ3) is 3.51. The van der Waals surface area contributed by atoms with Crippen LogP contribution in [-0.4, -0.2) is 28.2 Å². The normalized spacial score (nSPS) is 8.22. The molecule has 0 aromatic rings. The van der Waals surface area contributed by atoms with Crippen molar-refractivity contribution in [2.24, 2.45) is 0 Å². The van der Waals surface area contributed by atoms with E-state index in [1.165, 1.54) is 6.08 Å². The minimum atomic E-state index is -0.977. The Hall–Kier alpha value is -1.07. The van der Waals surface area contributed by atoms with Crippen LogP contribution in [0.1, 0.15) is 0 Å². The molecule has 2 amide bonds. The maximum absolute atomic E-state index is 10.2. The molecule has 0 saturated carbocycles. The number of urea groups is 1. The molecule has 5 nitrogen and oxygen atoms in total. The summed E-state index contributed by atoms with van der Waals surface area (Å²) >= 11 is 0. The average molecular weight is 132 g/mol. The van der Waals surface area contributed by atoms with Crippen molar-refractivity contribution in [2.75, 3.05) is 6.54 Å². The first-order valence-corrected chi connectivity index (χ1v) is 2.25. The molecule has 0 aliphatic heterocycles. The van der Waals surface area contributed by atoms with Crippen LogP contribution in [0.3, 0.4) is 0 Å². The third-order valence-electron chi connectivity index (χ3n) is 0.579. The second kappa shape index (κ2) is 3.88. The molecule has 0 aliphatic rings. The highest BCUT2D eigenvalue weighted by Gasteiger charge is 2.02. The zero-order valence-electron chi connectivity index (χ0n) is 4.74. The van der Waals surface area contributed by atoms with Crippen LogP contribution in [0, 0.1) is 0 Å². The fourth-order valence-electron chi connectivity index (χ4n) is 0.230. The minimum Gasteiger partial charge on any atom is -0.331 e. The first-order valence-electron chi connectivity index (χ1n) is 2.25. The largest absolute Gasteiger partial charge is 0.366 e. The number of hydrogen-bond acceptors (Lipinski definition) is 3. The van der Waals surface area contributed by atoms with Gasteiger partial charge in [0.25, 0.3) is 0 Å². The van der Waals surface area contributed by atoms with Crippen molar-refractivity contribution in [3.63, 3.8) is 0 Å². The Morgan fingerprint density at radius 1 is 1.78 bits per heavy atom. The SMILES string of the molecule is C=CCNC(=O)N(O)O. The fourth-order valence-corrected chi connectivity index (χ4v) is 0.230. The summed E-state index contributed by atoms with van der Waals surface area (Å²) < 4.78 is 0. The van der Waals surface area contributed by atoms with Gasteiger partial charge in [0.2, 0.25) is 0 Å². The summed E-state index contributed by atoms with van der Waals surface area (Å²) in [5.74, 6) is 0.